The molecule has 0 radical (unpaired) electrons. The maximum Gasteiger partial charge on any atom is 0.337 e. The predicted molar refractivity (Wildman–Crippen MR) is 112 cm³/mol. The molecule has 0 aromatic heterocycles. The third kappa shape index (κ3) is 4.13. The number of rotatable bonds is 5. The lowest BCUT2D eigenvalue weighted by molar-refractivity contribution is -0.151. The molecule has 0 saturated heterocycles. The van der Waals surface area contributed by atoms with E-state index >= 15 is 0 Å². The summed E-state index contributed by atoms with van der Waals surface area (Å²) < 4.78 is 25.3. The summed E-state index contributed by atoms with van der Waals surface area (Å²) in [5, 5.41) is 3.16. The molecule has 0 amide bonds. The highest BCUT2D eigenvalue weighted by Gasteiger charge is 2.47. The molecule has 0 fully saturated rings. The topological polar surface area (TPSA) is 81.7 Å². The fraction of sp³-hybridized carbons (Fsp3) is 0.458. The number of dihydropyridines is 1. The van der Waals surface area contributed by atoms with Crippen molar-refractivity contribution in [3.05, 3.63) is 58.2 Å². The van der Waals surface area contributed by atoms with E-state index in [0.717, 1.165) is 0 Å². The fourth-order valence-corrected chi connectivity index (χ4v) is 4.30. The van der Waals surface area contributed by atoms with Crippen LogP contribution in [0.5, 0.6) is 0 Å². The Kier molecular flexibility index (Phi) is 6.62. The summed E-state index contributed by atoms with van der Waals surface area (Å²) in [5.41, 5.74) is 1.70. The van der Waals surface area contributed by atoms with Crippen LogP contribution in [0.4, 0.5) is 4.39 Å². The van der Waals surface area contributed by atoms with Crippen molar-refractivity contribution in [3.63, 3.8) is 0 Å². The highest BCUT2D eigenvalue weighted by molar-refractivity contribution is 6.12. The second-order valence-corrected chi connectivity index (χ2v) is 8.18. The molecule has 0 saturated carbocycles. The number of carbonyl (C=O) groups excluding carboxylic acids is 3. The van der Waals surface area contributed by atoms with Crippen molar-refractivity contribution in [2.75, 3.05) is 7.11 Å². The van der Waals surface area contributed by atoms with Crippen LogP contribution >= 0.6 is 0 Å². The fourth-order valence-electron chi connectivity index (χ4n) is 4.30. The Hall–Kier alpha value is -2.96. The number of hydrogen-bond acceptors (Lipinski definition) is 6. The van der Waals surface area contributed by atoms with Crippen molar-refractivity contribution in [1.82, 2.24) is 5.32 Å². The number of benzene rings is 1. The number of allylic oxidation sites excluding steroid dienone is 3. The monoisotopic (exact) mass is 429 g/mol. The van der Waals surface area contributed by atoms with Crippen molar-refractivity contribution in [3.8, 4) is 0 Å². The second kappa shape index (κ2) is 9.04. The van der Waals surface area contributed by atoms with E-state index in [2.05, 4.69) is 5.32 Å². The number of nitrogens with one attached hydrogen (secondary N) is 1. The van der Waals surface area contributed by atoms with Crippen LogP contribution in [0, 0.1) is 17.7 Å². The Balaban J connectivity index is 2.18. The van der Waals surface area contributed by atoms with Gasteiger partial charge in [-0.3, -0.25) is 9.59 Å². The van der Waals surface area contributed by atoms with Gasteiger partial charge in [0, 0.05) is 22.5 Å². The van der Waals surface area contributed by atoms with Crippen molar-refractivity contribution in [1.29, 1.82) is 0 Å². The van der Waals surface area contributed by atoms with Gasteiger partial charge in [0.05, 0.1) is 24.7 Å². The van der Waals surface area contributed by atoms with Crippen LogP contribution in [0.3, 0.4) is 0 Å². The SMILES string of the molecule is CC[C@H](C)OC(=O)C1=C(C)NC2=C(C(=O)[C@H](C(=O)OC)[C@@H](C)C2)[C@H]1c1ccccc1F. The quantitative estimate of drug-likeness (QED) is 0.567. The number of Topliss-reactive ketones (excluding diaryl/α,β-unsaturated/α-hetero) is 1. The van der Waals surface area contributed by atoms with E-state index < -0.39 is 35.4 Å². The van der Waals surface area contributed by atoms with E-state index in [1.807, 2.05) is 6.92 Å². The van der Waals surface area contributed by atoms with Crippen molar-refractivity contribution in [2.24, 2.45) is 11.8 Å². The number of carbonyl (C=O) groups is 3. The molecule has 1 aromatic rings. The Labute approximate surface area is 181 Å². The van der Waals surface area contributed by atoms with Crippen molar-refractivity contribution >= 4 is 17.7 Å². The maximum atomic E-state index is 14.9. The lowest BCUT2D eigenvalue weighted by Crippen LogP contribution is -2.43. The minimum absolute atomic E-state index is 0.177. The van der Waals surface area contributed by atoms with Gasteiger partial charge in [-0.25, -0.2) is 9.18 Å². The van der Waals surface area contributed by atoms with E-state index in [1.54, 1.807) is 39.0 Å². The molecular formula is C24H28FNO5. The van der Waals surface area contributed by atoms with Gasteiger partial charge in [0.25, 0.3) is 0 Å². The van der Waals surface area contributed by atoms with Crippen molar-refractivity contribution < 1.29 is 28.2 Å². The van der Waals surface area contributed by atoms with Crippen LogP contribution in [0.2, 0.25) is 0 Å². The molecule has 2 aliphatic rings. The Morgan fingerprint density at radius 3 is 2.58 bits per heavy atom. The Morgan fingerprint density at radius 2 is 1.97 bits per heavy atom. The molecule has 166 valence electrons. The van der Waals surface area contributed by atoms with Gasteiger partial charge in [-0.05, 0) is 38.7 Å². The summed E-state index contributed by atoms with van der Waals surface area (Å²) in [7, 11) is 1.23. The average molecular weight is 429 g/mol. The molecular weight excluding hydrogens is 401 g/mol. The second-order valence-electron chi connectivity index (χ2n) is 8.18. The van der Waals surface area contributed by atoms with Crippen LogP contribution in [-0.2, 0) is 23.9 Å². The summed E-state index contributed by atoms with van der Waals surface area (Å²) in [6, 6.07) is 6.04. The number of ether oxygens (including phenoxy) is 2. The standard InChI is InChI=1S/C24H28FNO5/c1-6-13(3)31-24(29)19-14(4)26-17-11-12(2)18(23(28)30-5)22(27)21(17)20(19)15-9-7-8-10-16(15)25/h7-10,12-13,18,20,26H,6,11H2,1-5H3/t12-,13-,18+,20-/m0/s1. The van der Waals surface area contributed by atoms with E-state index in [9.17, 15) is 18.8 Å². The molecule has 0 spiro atoms. The molecule has 31 heavy (non-hydrogen) atoms. The van der Waals surface area contributed by atoms with E-state index in [-0.39, 0.29) is 28.7 Å². The van der Waals surface area contributed by atoms with Gasteiger partial charge in [0.1, 0.15) is 11.7 Å². The molecule has 6 nitrogen and oxygen atoms in total. The van der Waals surface area contributed by atoms with Gasteiger partial charge in [0.2, 0.25) is 0 Å². The lowest BCUT2D eigenvalue weighted by Gasteiger charge is -2.38. The molecule has 4 atom stereocenters. The minimum atomic E-state index is -1.01. The first kappa shape index (κ1) is 22.7. The molecule has 3 rings (SSSR count). The van der Waals surface area contributed by atoms with Gasteiger partial charge in [-0.2, -0.15) is 0 Å². The molecule has 0 bridgehead atoms. The summed E-state index contributed by atoms with van der Waals surface area (Å²) in [5.74, 6) is -4.52. The molecule has 1 aliphatic heterocycles. The largest absolute Gasteiger partial charge is 0.468 e. The van der Waals surface area contributed by atoms with Crippen LogP contribution in [-0.4, -0.2) is 30.9 Å². The van der Waals surface area contributed by atoms with E-state index in [1.165, 1.54) is 13.2 Å². The zero-order valence-electron chi connectivity index (χ0n) is 18.5. The number of methoxy groups -OCH3 is 1. The number of esters is 2. The summed E-state index contributed by atoms with van der Waals surface area (Å²) in [4.78, 5) is 39.0. The highest BCUT2D eigenvalue weighted by Crippen LogP contribution is 2.46. The van der Waals surface area contributed by atoms with Gasteiger partial charge in [-0.15, -0.1) is 0 Å². The zero-order valence-corrected chi connectivity index (χ0v) is 18.5. The first-order valence-electron chi connectivity index (χ1n) is 10.5. The zero-order chi connectivity index (χ0) is 22.9. The summed E-state index contributed by atoms with van der Waals surface area (Å²) in [6.07, 6.45) is 0.677. The van der Waals surface area contributed by atoms with Gasteiger partial charge < -0.3 is 14.8 Å². The molecule has 7 heteroatoms. The van der Waals surface area contributed by atoms with Crippen LogP contribution in [0.15, 0.2) is 46.8 Å². The van der Waals surface area contributed by atoms with Crippen LogP contribution in [0.1, 0.15) is 52.0 Å². The van der Waals surface area contributed by atoms with Crippen LogP contribution in [0.25, 0.3) is 0 Å². The van der Waals surface area contributed by atoms with Crippen molar-refractivity contribution in [2.45, 2.75) is 52.6 Å². The number of hydrogen-bond donors (Lipinski definition) is 1. The van der Waals surface area contributed by atoms with E-state index in [4.69, 9.17) is 9.47 Å². The first-order chi connectivity index (χ1) is 14.7. The Bertz CT molecular complexity index is 980. The first-order valence-corrected chi connectivity index (χ1v) is 10.5. The third-order valence-corrected chi connectivity index (χ3v) is 6.06. The van der Waals surface area contributed by atoms with E-state index in [0.29, 0.717) is 24.2 Å². The third-order valence-electron chi connectivity index (χ3n) is 6.06. The predicted octanol–water partition coefficient (Wildman–Crippen LogP) is 3.78. The minimum Gasteiger partial charge on any atom is -0.468 e. The lowest BCUT2D eigenvalue weighted by atomic mass is 9.69. The van der Waals surface area contributed by atoms with Gasteiger partial charge in [0.15, 0.2) is 5.78 Å². The number of ketones is 1. The average Bonchev–Trinajstić information content (AvgIpc) is 2.72. The number of halogens is 1. The normalized spacial score (nSPS) is 24.3. The van der Waals surface area contributed by atoms with Crippen LogP contribution < -0.4 is 5.32 Å². The smallest absolute Gasteiger partial charge is 0.337 e. The molecule has 0 unspecified atom stereocenters. The molecule has 1 aliphatic carbocycles. The summed E-state index contributed by atoms with van der Waals surface area (Å²) in [6.45, 7) is 7.18. The highest BCUT2D eigenvalue weighted by atomic mass is 19.1. The van der Waals surface area contributed by atoms with Gasteiger partial charge >= 0.3 is 11.9 Å². The van der Waals surface area contributed by atoms with Gasteiger partial charge in [-0.1, -0.05) is 32.0 Å². The Morgan fingerprint density at radius 1 is 1.29 bits per heavy atom. The summed E-state index contributed by atoms with van der Waals surface area (Å²) >= 11 is 0. The molecule has 1 heterocycles. The maximum absolute atomic E-state index is 14.9. The molecule has 1 aromatic carbocycles. The molecule has 1 N–H and O–H groups in total.